The van der Waals surface area contributed by atoms with Crippen LogP contribution in [0, 0.1) is 0 Å². The average molecular weight is 329 g/mol. The number of fused-ring (bicyclic) bond motifs is 1. The minimum absolute atomic E-state index is 0.459. The van der Waals surface area contributed by atoms with Crippen LogP contribution < -0.4 is 11.0 Å². The molecule has 4 aromatic rings. The second-order valence-corrected chi connectivity index (χ2v) is 5.66. The van der Waals surface area contributed by atoms with Crippen molar-refractivity contribution in [3.63, 3.8) is 0 Å². The van der Waals surface area contributed by atoms with Gasteiger partial charge in [-0.05, 0) is 35.4 Å². The molecule has 1 aromatic heterocycles. The molecule has 2 N–H and O–H groups in total. The summed E-state index contributed by atoms with van der Waals surface area (Å²) in [5, 5.41) is 2.76. The van der Waals surface area contributed by atoms with Crippen LogP contribution in [0.5, 0.6) is 0 Å². The fourth-order valence-corrected chi connectivity index (χ4v) is 2.81. The summed E-state index contributed by atoms with van der Waals surface area (Å²) in [5.74, 6) is 0. The Kier molecular flexibility index (Phi) is 3.67. The van der Waals surface area contributed by atoms with Crippen molar-refractivity contribution in [2.24, 2.45) is 0 Å². The number of nitrogens with zero attached hydrogens (tertiary/aromatic N) is 1. The van der Waals surface area contributed by atoms with E-state index in [-0.39, 0.29) is 0 Å². The maximum absolute atomic E-state index is 12.5. The number of anilines is 1. The van der Waals surface area contributed by atoms with E-state index in [2.05, 4.69) is 10.3 Å². The molecule has 0 fully saturated rings. The van der Waals surface area contributed by atoms with Crippen LogP contribution in [0.4, 0.5) is 10.5 Å². The zero-order valence-electron chi connectivity index (χ0n) is 13.3. The fourth-order valence-electron chi connectivity index (χ4n) is 2.81. The standard InChI is InChI=1S/C20H15N3O2/c24-19(23-18-9-5-4-8-17(18)22-20(23)25)21-16-12-10-15(11-13-16)14-6-2-1-3-7-14/h1-13H,(H,21,24)(H,22,25). The molecular formula is C20H15N3O2. The third-order valence-corrected chi connectivity index (χ3v) is 4.04. The van der Waals surface area contributed by atoms with Gasteiger partial charge in [0.15, 0.2) is 0 Å². The zero-order valence-corrected chi connectivity index (χ0v) is 13.3. The predicted octanol–water partition coefficient (Wildman–Crippen LogP) is 4.08. The van der Waals surface area contributed by atoms with Crippen molar-refractivity contribution in [3.05, 3.63) is 89.3 Å². The van der Waals surface area contributed by atoms with Gasteiger partial charge in [0.25, 0.3) is 0 Å². The highest BCUT2D eigenvalue weighted by Gasteiger charge is 2.13. The minimum Gasteiger partial charge on any atom is -0.307 e. The van der Waals surface area contributed by atoms with Crippen LogP contribution in [-0.4, -0.2) is 15.6 Å². The second kappa shape index (κ2) is 6.13. The second-order valence-electron chi connectivity index (χ2n) is 5.66. The number of hydrogen-bond acceptors (Lipinski definition) is 2. The summed E-state index contributed by atoms with van der Waals surface area (Å²) in [6.07, 6.45) is 0. The molecule has 5 heteroatoms. The van der Waals surface area contributed by atoms with Gasteiger partial charge in [0.05, 0.1) is 11.0 Å². The maximum atomic E-state index is 12.5. The van der Waals surface area contributed by atoms with E-state index >= 15 is 0 Å². The van der Waals surface area contributed by atoms with E-state index < -0.39 is 11.7 Å². The van der Waals surface area contributed by atoms with Gasteiger partial charge in [0.1, 0.15) is 0 Å². The molecule has 1 amide bonds. The quantitative estimate of drug-likeness (QED) is 0.582. The summed E-state index contributed by atoms with van der Waals surface area (Å²) in [4.78, 5) is 27.2. The Morgan fingerprint density at radius 1 is 0.800 bits per heavy atom. The SMILES string of the molecule is O=C(Nc1ccc(-c2ccccc2)cc1)n1c(=O)[nH]c2ccccc21. The number of para-hydroxylation sites is 2. The molecule has 4 rings (SSSR count). The number of hydrogen-bond donors (Lipinski definition) is 2. The lowest BCUT2D eigenvalue weighted by Gasteiger charge is -2.07. The highest BCUT2D eigenvalue weighted by Crippen LogP contribution is 2.21. The molecule has 25 heavy (non-hydrogen) atoms. The Morgan fingerprint density at radius 2 is 1.44 bits per heavy atom. The number of aromatic amines is 1. The Bertz CT molecular complexity index is 1090. The van der Waals surface area contributed by atoms with Crippen LogP contribution in [0.2, 0.25) is 0 Å². The van der Waals surface area contributed by atoms with E-state index in [0.717, 1.165) is 15.7 Å². The molecule has 1 heterocycles. The molecule has 0 unspecified atom stereocenters. The molecular weight excluding hydrogens is 314 g/mol. The number of aromatic nitrogens is 2. The third-order valence-electron chi connectivity index (χ3n) is 4.04. The molecule has 0 spiro atoms. The Labute approximate surface area is 143 Å². The number of benzene rings is 3. The Hall–Kier alpha value is -3.60. The number of nitrogens with one attached hydrogen (secondary N) is 2. The smallest absolute Gasteiger partial charge is 0.307 e. The van der Waals surface area contributed by atoms with Gasteiger partial charge in [0.2, 0.25) is 0 Å². The van der Waals surface area contributed by atoms with E-state index in [0.29, 0.717) is 16.7 Å². The number of rotatable bonds is 2. The number of carbonyl (C=O) groups is 1. The molecule has 0 saturated heterocycles. The van der Waals surface area contributed by atoms with E-state index in [1.165, 1.54) is 0 Å². The topological polar surface area (TPSA) is 66.9 Å². The molecule has 122 valence electrons. The van der Waals surface area contributed by atoms with Gasteiger partial charge in [-0.25, -0.2) is 14.2 Å². The number of carbonyl (C=O) groups excluding carboxylic acids is 1. The summed E-state index contributed by atoms with van der Waals surface area (Å²) in [6.45, 7) is 0. The lowest BCUT2D eigenvalue weighted by atomic mass is 10.1. The molecule has 3 aromatic carbocycles. The first-order chi connectivity index (χ1) is 12.2. The first kappa shape index (κ1) is 15.0. The van der Waals surface area contributed by atoms with Crippen LogP contribution in [-0.2, 0) is 0 Å². The zero-order chi connectivity index (χ0) is 17.2. The van der Waals surface area contributed by atoms with Gasteiger partial charge < -0.3 is 10.3 Å². The van der Waals surface area contributed by atoms with Crippen molar-refractivity contribution in [1.29, 1.82) is 0 Å². The Morgan fingerprint density at radius 3 is 2.20 bits per heavy atom. The fraction of sp³-hybridized carbons (Fsp3) is 0. The number of imidazole rings is 1. The van der Waals surface area contributed by atoms with Gasteiger partial charge in [-0.3, -0.25) is 0 Å². The van der Waals surface area contributed by atoms with Crippen molar-refractivity contribution in [3.8, 4) is 11.1 Å². The monoisotopic (exact) mass is 329 g/mol. The summed E-state index contributed by atoms with van der Waals surface area (Å²) in [7, 11) is 0. The van der Waals surface area contributed by atoms with Gasteiger partial charge in [-0.15, -0.1) is 0 Å². The van der Waals surface area contributed by atoms with Gasteiger partial charge in [-0.1, -0.05) is 54.6 Å². The van der Waals surface area contributed by atoms with Crippen LogP contribution in [0.15, 0.2) is 83.7 Å². The largest absolute Gasteiger partial charge is 0.334 e. The van der Waals surface area contributed by atoms with Gasteiger partial charge >= 0.3 is 11.7 Å². The molecule has 0 saturated carbocycles. The average Bonchev–Trinajstić information content (AvgIpc) is 2.99. The lowest BCUT2D eigenvalue weighted by molar-refractivity contribution is 0.253. The van der Waals surface area contributed by atoms with Crippen LogP contribution >= 0.6 is 0 Å². The third kappa shape index (κ3) is 2.83. The first-order valence-corrected chi connectivity index (χ1v) is 7.89. The van der Waals surface area contributed by atoms with Crippen molar-refractivity contribution in [2.75, 3.05) is 5.32 Å². The Balaban J connectivity index is 1.60. The van der Waals surface area contributed by atoms with Crippen LogP contribution in [0.25, 0.3) is 22.2 Å². The van der Waals surface area contributed by atoms with E-state index in [9.17, 15) is 9.59 Å². The van der Waals surface area contributed by atoms with Crippen molar-refractivity contribution >= 4 is 22.8 Å². The molecule has 5 nitrogen and oxygen atoms in total. The van der Waals surface area contributed by atoms with Crippen LogP contribution in [0.1, 0.15) is 0 Å². The van der Waals surface area contributed by atoms with Crippen molar-refractivity contribution in [2.45, 2.75) is 0 Å². The lowest BCUT2D eigenvalue weighted by Crippen LogP contribution is -2.29. The number of amides is 1. The van der Waals surface area contributed by atoms with E-state index in [4.69, 9.17) is 0 Å². The molecule has 0 atom stereocenters. The summed E-state index contributed by atoms with van der Waals surface area (Å²) in [6, 6.07) is 24.1. The summed E-state index contributed by atoms with van der Waals surface area (Å²) >= 11 is 0. The molecule has 0 aliphatic rings. The first-order valence-electron chi connectivity index (χ1n) is 7.89. The molecule has 0 aliphatic carbocycles. The number of H-pyrrole nitrogens is 1. The molecule has 0 bridgehead atoms. The summed E-state index contributed by atoms with van der Waals surface area (Å²) in [5.41, 5.74) is 3.51. The van der Waals surface area contributed by atoms with Crippen molar-refractivity contribution < 1.29 is 4.79 Å². The van der Waals surface area contributed by atoms with Gasteiger partial charge in [0, 0.05) is 5.69 Å². The highest BCUT2D eigenvalue weighted by molar-refractivity contribution is 5.97. The van der Waals surface area contributed by atoms with Gasteiger partial charge in [-0.2, -0.15) is 0 Å². The summed E-state index contributed by atoms with van der Waals surface area (Å²) < 4.78 is 1.10. The maximum Gasteiger partial charge on any atom is 0.334 e. The molecule has 0 radical (unpaired) electrons. The molecule has 0 aliphatic heterocycles. The van der Waals surface area contributed by atoms with Crippen molar-refractivity contribution in [1.82, 2.24) is 9.55 Å². The van der Waals surface area contributed by atoms with Crippen LogP contribution in [0.3, 0.4) is 0 Å². The van der Waals surface area contributed by atoms with E-state index in [1.807, 2.05) is 60.7 Å². The van der Waals surface area contributed by atoms with E-state index in [1.54, 1.807) is 18.2 Å². The predicted molar refractivity (Wildman–Crippen MR) is 98.9 cm³/mol. The normalized spacial score (nSPS) is 10.7. The minimum atomic E-state index is -0.491. The highest BCUT2D eigenvalue weighted by atomic mass is 16.2.